The van der Waals surface area contributed by atoms with Crippen LogP contribution in [0.1, 0.15) is 86.7 Å². The van der Waals surface area contributed by atoms with E-state index in [0.717, 1.165) is 55.2 Å². The number of unbranched alkanes of at least 4 members (excludes halogenated alkanes) is 6. The molecule has 0 radical (unpaired) electrons. The molecule has 5 heteroatoms. The van der Waals surface area contributed by atoms with Gasteiger partial charge in [-0.1, -0.05) is 70.6 Å². The average molecular weight is 463 g/mol. The van der Waals surface area contributed by atoms with Gasteiger partial charge in [0.05, 0.1) is 5.56 Å². The van der Waals surface area contributed by atoms with E-state index in [4.69, 9.17) is 4.74 Å². The molecule has 0 fully saturated rings. The second-order valence-corrected chi connectivity index (χ2v) is 8.77. The molecule has 0 amide bonds. The van der Waals surface area contributed by atoms with Crippen molar-refractivity contribution in [1.29, 1.82) is 0 Å². The Morgan fingerprint density at radius 2 is 1.44 bits per heavy atom. The molecule has 0 aliphatic carbocycles. The second-order valence-electron chi connectivity index (χ2n) is 8.77. The van der Waals surface area contributed by atoms with Crippen molar-refractivity contribution in [3.63, 3.8) is 0 Å². The summed E-state index contributed by atoms with van der Waals surface area (Å²) in [6.07, 6.45) is 14.9. The van der Waals surface area contributed by atoms with E-state index in [1.807, 2.05) is 18.5 Å². The van der Waals surface area contributed by atoms with E-state index in [0.29, 0.717) is 11.4 Å². The number of ether oxygens (including phenoxy) is 1. The number of benzene rings is 2. The summed E-state index contributed by atoms with van der Waals surface area (Å²) in [5, 5.41) is 0. The highest BCUT2D eigenvalue weighted by Gasteiger charge is 2.13. The molecule has 0 spiro atoms. The van der Waals surface area contributed by atoms with Crippen LogP contribution in [0.25, 0.3) is 11.4 Å². The first-order valence-corrected chi connectivity index (χ1v) is 12.5. The Bertz CT molecular complexity index is 1030. The van der Waals surface area contributed by atoms with Crippen LogP contribution in [0, 0.1) is 5.82 Å². The van der Waals surface area contributed by atoms with E-state index in [9.17, 15) is 9.18 Å². The fourth-order valence-electron chi connectivity index (χ4n) is 3.82. The highest BCUT2D eigenvalue weighted by molar-refractivity contribution is 5.91. The second kappa shape index (κ2) is 13.6. The van der Waals surface area contributed by atoms with Crippen molar-refractivity contribution in [2.75, 3.05) is 0 Å². The van der Waals surface area contributed by atoms with Gasteiger partial charge < -0.3 is 4.74 Å². The minimum absolute atomic E-state index is 0.0493. The lowest BCUT2D eigenvalue weighted by Gasteiger charge is -2.08. The fourth-order valence-corrected chi connectivity index (χ4v) is 3.82. The van der Waals surface area contributed by atoms with Crippen LogP contribution < -0.4 is 4.74 Å². The molecule has 0 aliphatic heterocycles. The van der Waals surface area contributed by atoms with Gasteiger partial charge in [-0.05, 0) is 61.1 Å². The normalized spacial score (nSPS) is 10.9. The molecule has 34 heavy (non-hydrogen) atoms. The third-order valence-corrected chi connectivity index (χ3v) is 5.92. The molecule has 0 saturated heterocycles. The molecule has 3 rings (SSSR count). The molecule has 0 unspecified atom stereocenters. The van der Waals surface area contributed by atoms with E-state index < -0.39 is 11.8 Å². The summed E-state index contributed by atoms with van der Waals surface area (Å²) in [5.74, 6) is -0.547. The predicted octanol–water partition coefficient (Wildman–Crippen LogP) is 7.75. The Hall–Kier alpha value is -3.08. The summed E-state index contributed by atoms with van der Waals surface area (Å²) in [6.45, 7) is 4.36. The summed E-state index contributed by atoms with van der Waals surface area (Å²) in [7, 11) is 0. The van der Waals surface area contributed by atoms with Crippen molar-refractivity contribution in [3.05, 3.63) is 77.4 Å². The molecule has 180 valence electrons. The van der Waals surface area contributed by atoms with Crippen LogP contribution in [0.15, 0.2) is 54.9 Å². The molecule has 0 N–H and O–H groups in total. The Labute approximate surface area is 202 Å². The van der Waals surface area contributed by atoms with E-state index >= 15 is 0 Å². The minimum atomic E-state index is -0.593. The van der Waals surface area contributed by atoms with Crippen LogP contribution in [0.5, 0.6) is 5.75 Å². The smallest absolute Gasteiger partial charge is 0.343 e. The number of hydrogen-bond donors (Lipinski definition) is 0. The fraction of sp³-hybridized carbons (Fsp3) is 0.414. The van der Waals surface area contributed by atoms with Gasteiger partial charge in [-0.15, -0.1) is 0 Å². The number of carbonyl (C=O) groups is 1. The summed E-state index contributed by atoms with van der Waals surface area (Å²) in [4.78, 5) is 21.4. The SMILES string of the molecule is CCCCCCCCc1ccc(OC(=O)c2ccc(-c3ncc(CCCC)cn3)cc2)c(F)c1. The molecule has 0 atom stereocenters. The van der Waals surface area contributed by atoms with Gasteiger partial charge >= 0.3 is 5.97 Å². The third kappa shape index (κ3) is 7.75. The molecule has 2 aromatic carbocycles. The molecule has 3 aromatic rings. The monoisotopic (exact) mass is 462 g/mol. The maximum atomic E-state index is 14.5. The van der Waals surface area contributed by atoms with Crippen molar-refractivity contribution in [3.8, 4) is 17.1 Å². The quantitative estimate of drug-likeness (QED) is 0.148. The van der Waals surface area contributed by atoms with E-state index in [2.05, 4.69) is 23.8 Å². The molecule has 0 saturated carbocycles. The van der Waals surface area contributed by atoms with Crippen molar-refractivity contribution >= 4 is 5.97 Å². The Balaban J connectivity index is 1.54. The van der Waals surface area contributed by atoms with Gasteiger partial charge in [-0.3, -0.25) is 0 Å². The summed E-state index contributed by atoms with van der Waals surface area (Å²) in [6, 6.07) is 11.7. The number of aromatic nitrogens is 2. The Kier molecular flexibility index (Phi) is 10.2. The Morgan fingerprint density at radius 3 is 2.12 bits per heavy atom. The van der Waals surface area contributed by atoms with Gasteiger partial charge in [0, 0.05) is 18.0 Å². The van der Waals surface area contributed by atoms with E-state index in [-0.39, 0.29) is 5.75 Å². The zero-order chi connectivity index (χ0) is 24.2. The van der Waals surface area contributed by atoms with E-state index in [1.54, 1.807) is 30.3 Å². The number of halogens is 1. The standard InChI is InChI=1S/C29H35FN2O2/c1-3-5-7-8-9-10-12-22-13-18-27(26(30)19-22)34-29(33)25-16-14-24(15-17-25)28-31-20-23(21-32-28)11-6-4-2/h13-21H,3-12H2,1-2H3. The van der Waals surface area contributed by atoms with Crippen molar-refractivity contribution in [2.24, 2.45) is 0 Å². The topological polar surface area (TPSA) is 52.1 Å². The lowest BCUT2D eigenvalue weighted by Crippen LogP contribution is -2.09. The number of rotatable bonds is 13. The first-order chi connectivity index (χ1) is 16.6. The lowest BCUT2D eigenvalue weighted by atomic mass is 10.0. The van der Waals surface area contributed by atoms with Gasteiger partial charge in [0.25, 0.3) is 0 Å². The maximum absolute atomic E-state index is 14.5. The van der Waals surface area contributed by atoms with Crippen molar-refractivity contribution in [1.82, 2.24) is 9.97 Å². The van der Waals surface area contributed by atoms with Crippen molar-refractivity contribution < 1.29 is 13.9 Å². The molecular weight excluding hydrogens is 427 g/mol. The first kappa shape index (κ1) is 25.5. The van der Waals surface area contributed by atoms with E-state index in [1.165, 1.54) is 31.7 Å². The van der Waals surface area contributed by atoms with Gasteiger partial charge in [0.15, 0.2) is 17.4 Å². The van der Waals surface area contributed by atoms with Gasteiger partial charge in [0.1, 0.15) is 0 Å². The van der Waals surface area contributed by atoms with Crippen LogP contribution in [0.3, 0.4) is 0 Å². The maximum Gasteiger partial charge on any atom is 0.343 e. The average Bonchev–Trinajstić information content (AvgIpc) is 2.87. The van der Waals surface area contributed by atoms with Gasteiger partial charge in [-0.25, -0.2) is 19.2 Å². The number of carbonyl (C=O) groups excluding carboxylic acids is 1. The molecule has 0 aliphatic rings. The zero-order valence-electron chi connectivity index (χ0n) is 20.4. The summed E-state index contributed by atoms with van der Waals surface area (Å²) >= 11 is 0. The van der Waals surface area contributed by atoms with Crippen LogP contribution in [0.4, 0.5) is 4.39 Å². The van der Waals surface area contributed by atoms with Gasteiger partial charge in [-0.2, -0.15) is 0 Å². The summed E-state index contributed by atoms with van der Waals surface area (Å²) in [5.41, 5.74) is 3.20. The highest BCUT2D eigenvalue weighted by atomic mass is 19.1. The molecule has 1 heterocycles. The van der Waals surface area contributed by atoms with Crippen LogP contribution in [-0.4, -0.2) is 15.9 Å². The third-order valence-electron chi connectivity index (χ3n) is 5.92. The number of hydrogen-bond acceptors (Lipinski definition) is 4. The molecule has 4 nitrogen and oxygen atoms in total. The minimum Gasteiger partial charge on any atom is -0.420 e. The highest BCUT2D eigenvalue weighted by Crippen LogP contribution is 2.22. The molecule has 0 bridgehead atoms. The molecule has 1 aromatic heterocycles. The predicted molar refractivity (Wildman–Crippen MR) is 135 cm³/mol. The van der Waals surface area contributed by atoms with Gasteiger partial charge in [0.2, 0.25) is 0 Å². The van der Waals surface area contributed by atoms with Crippen LogP contribution in [-0.2, 0) is 12.8 Å². The summed E-state index contributed by atoms with van der Waals surface area (Å²) < 4.78 is 19.8. The lowest BCUT2D eigenvalue weighted by molar-refractivity contribution is 0.0728. The zero-order valence-corrected chi connectivity index (χ0v) is 20.4. The van der Waals surface area contributed by atoms with Crippen LogP contribution in [0.2, 0.25) is 0 Å². The Morgan fingerprint density at radius 1 is 0.794 bits per heavy atom. The van der Waals surface area contributed by atoms with Crippen molar-refractivity contribution in [2.45, 2.75) is 78.1 Å². The van der Waals surface area contributed by atoms with Crippen LogP contribution >= 0.6 is 0 Å². The molecular formula is C29H35FN2O2. The largest absolute Gasteiger partial charge is 0.420 e. The number of aryl methyl sites for hydroxylation is 2. The first-order valence-electron chi connectivity index (χ1n) is 12.5. The number of esters is 1. The number of nitrogens with zero attached hydrogens (tertiary/aromatic N) is 2.